The number of piperazine rings is 1. The van der Waals surface area contributed by atoms with Crippen LogP contribution in [0.25, 0.3) is 0 Å². The SMILES string of the molecule is Cc1ccc(S(=O)(=O)N2CCNCC2C(C)C)cc1C. The molecule has 1 aliphatic heterocycles. The van der Waals surface area contributed by atoms with E-state index in [2.05, 4.69) is 19.2 Å². The van der Waals surface area contributed by atoms with E-state index in [0.29, 0.717) is 23.9 Å². The fourth-order valence-electron chi connectivity index (χ4n) is 2.58. The molecule has 112 valence electrons. The summed E-state index contributed by atoms with van der Waals surface area (Å²) in [6.07, 6.45) is 0. The molecule has 1 atom stereocenters. The lowest BCUT2D eigenvalue weighted by Gasteiger charge is -2.37. The normalized spacial score (nSPS) is 21.4. The Labute approximate surface area is 122 Å². The van der Waals surface area contributed by atoms with Crippen LogP contribution in [-0.4, -0.2) is 38.4 Å². The minimum absolute atomic E-state index is 0.0235. The van der Waals surface area contributed by atoms with Crippen molar-refractivity contribution in [1.29, 1.82) is 0 Å². The molecule has 0 aliphatic carbocycles. The summed E-state index contributed by atoms with van der Waals surface area (Å²) in [7, 11) is -3.40. The summed E-state index contributed by atoms with van der Waals surface area (Å²) in [4.78, 5) is 0.410. The summed E-state index contributed by atoms with van der Waals surface area (Å²) in [5.74, 6) is 0.295. The zero-order valence-corrected chi connectivity index (χ0v) is 13.5. The highest BCUT2D eigenvalue weighted by Crippen LogP contribution is 2.24. The zero-order chi connectivity index (χ0) is 14.9. The highest BCUT2D eigenvalue weighted by molar-refractivity contribution is 7.89. The molecule has 0 aromatic heterocycles. The van der Waals surface area contributed by atoms with E-state index in [1.165, 1.54) is 0 Å². The predicted molar refractivity (Wildman–Crippen MR) is 81.3 cm³/mol. The number of sulfonamides is 1. The maximum Gasteiger partial charge on any atom is 0.243 e. The van der Waals surface area contributed by atoms with Gasteiger partial charge in [0, 0.05) is 25.7 Å². The molecule has 2 rings (SSSR count). The van der Waals surface area contributed by atoms with Gasteiger partial charge in [-0.05, 0) is 43.0 Å². The third kappa shape index (κ3) is 2.90. The molecule has 0 saturated carbocycles. The molecule has 4 nitrogen and oxygen atoms in total. The monoisotopic (exact) mass is 296 g/mol. The van der Waals surface area contributed by atoms with Gasteiger partial charge in [-0.25, -0.2) is 8.42 Å². The second-order valence-electron chi connectivity index (χ2n) is 5.88. The molecule has 1 unspecified atom stereocenters. The third-order valence-electron chi connectivity index (χ3n) is 4.09. The van der Waals surface area contributed by atoms with Gasteiger partial charge in [0.1, 0.15) is 0 Å². The molecule has 1 fully saturated rings. The Kier molecular flexibility index (Phi) is 4.52. The van der Waals surface area contributed by atoms with Crippen molar-refractivity contribution in [1.82, 2.24) is 9.62 Å². The third-order valence-corrected chi connectivity index (χ3v) is 6.01. The van der Waals surface area contributed by atoms with E-state index >= 15 is 0 Å². The minimum atomic E-state index is -3.40. The van der Waals surface area contributed by atoms with Gasteiger partial charge in [0.2, 0.25) is 10.0 Å². The number of benzene rings is 1. The first-order valence-corrected chi connectivity index (χ1v) is 8.58. The van der Waals surface area contributed by atoms with E-state index in [1.54, 1.807) is 16.4 Å². The highest BCUT2D eigenvalue weighted by Gasteiger charge is 2.34. The van der Waals surface area contributed by atoms with Gasteiger partial charge in [-0.15, -0.1) is 0 Å². The summed E-state index contributed by atoms with van der Waals surface area (Å²) in [5.41, 5.74) is 2.13. The molecule has 1 saturated heterocycles. The van der Waals surface area contributed by atoms with Crippen molar-refractivity contribution < 1.29 is 8.42 Å². The Balaban J connectivity index is 2.39. The largest absolute Gasteiger partial charge is 0.314 e. The Morgan fingerprint density at radius 1 is 1.25 bits per heavy atom. The molecule has 0 spiro atoms. The van der Waals surface area contributed by atoms with Crippen molar-refractivity contribution >= 4 is 10.0 Å². The van der Waals surface area contributed by atoms with Gasteiger partial charge >= 0.3 is 0 Å². The topological polar surface area (TPSA) is 49.4 Å². The van der Waals surface area contributed by atoms with Crippen LogP contribution in [0.2, 0.25) is 0 Å². The van der Waals surface area contributed by atoms with E-state index in [9.17, 15) is 8.42 Å². The second-order valence-corrected chi connectivity index (χ2v) is 7.77. The molecule has 5 heteroatoms. The second kappa shape index (κ2) is 5.84. The number of hydrogen-bond donors (Lipinski definition) is 1. The predicted octanol–water partition coefficient (Wildman–Crippen LogP) is 1.92. The van der Waals surface area contributed by atoms with Crippen molar-refractivity contribution in [3.63, 3.8) is 0 Å². The molecule has 0 amide bonds. The van der Waals surface area contributed by atoms with Crippen LogP contribution in [0, 0.1) is 19.8 Å². The first-order chi connectivity index (χ1) is 9.34. The molecule has 0 radical (unpaired) electrons. The molecule has 1 N–H and O–H groups in total. The molecule has 1 aliphatic rings. The minimum Gasteiger partial charge on any atom is -0.314 e. The summed E-state index contributed by atoms with van der Waals surface area (Å²) < 4.78 is 27.4. The fourth-order valence-corrected chi connectivity index (χ4v) is 4.43. The molecular weight excluding hydrogens is 272 g/mol. The Morgan fingerprint density at radius 3 is 2.55 bits per heavy atom. The lowest BCUT2D eigenvalue weighted by molar-refractivity contribution is 0.217. The van der Waals surface area contributed by atoms with E-state index in [0.717, 1.165) is 17.7 Å². The zero-order valence-electron chi connectivity index (χ0n) is 12.7. The Hall–Kier alpha value is -0.910. The van der Waals surface area contributed by atoms with Gasteiger partial charge in [-0.3, -0.25) is 0 Å². The van der Waals surface area contributed by atoms with Crippen LogP contribution in [0.4, 0.5) is 0 Å². The highest BCUT2D eigenvalue weighted by atomic mass is 32.2. The number of hydrogen-bond acceptors (Lipinski definition) is 3. The first-order valence-electron chi connectivity index (χ1n) is 7.14. The Bertz CT molecular complexity index is 582. The van der Waals surface area contributed by atoms with Crippen molar-refractivity contribution in [2.75, 3.05) is 19.6 Å². The van der Waals surface area contributed by atoms with Crippen LogP contribution in [0.1, 0.15) is 25.0 Å². The smallest absolute Gasteiger partial charge is 0.243 e. The molecule has 1 heterocycles. The average molecular weight is 296 g/mol. The summed E-state index contributed by atoms with van der Waals surface area (Å²) >= 11 is 0. The van der Waals surface area contributed by atoms with Crippen LogP contribution in [0.15, 0.2) is 23.1 Å². The first kappa shape index (κ1) is 15.5. The molecule has 0 bridgehead atoms. The summed E-state index contributed by atoms with van der Waals surface area (Å²) in [5, 5.41) is 3.28. The van der Waals surface area contributed by atoms with Crippen molar-refractivity contribution in [3.05, 3.63) is 29.3 Å². The van der Waals surface area contributed by atoms with Crippen molar-refractivity contribution in [3.8, 4) is 0 Å². The van der Waals surface area contributed by atoms with Crippen LogP contribution >= 0.6 is 0 Å². The van der Waals surface area contributed by atoms with Gasteiger partial charge in [-0.1, -0.05) is 19.9 Å². The average Bonchev–Trinajstić information content (AvgIpc) is 2.41. The quantitative estimate of drug-likeness (QED) is 0.927. The van der Waals surface area contributed by atoms with E-state index < -0.39 is 10.0 Å². The Morgan fingerprint density at radius 2 is 1.95 bits per heavy atom. The number of nitrogens with one attached hydrogen (secondary N) is 1. The van der Waals surface area contributed by atoms with Crippen molar-refractivity contribution in [2.24, 2.45) is 5.92 Å². The van der Waals surface area contributed by atoms with Gasteiger partial charge in [0.25, 0.3) is 0 Å². The molecule has 1 aromatic rings. The number of nitrogens with zero attached hydrogens (tertiary/aromatic N) is 1. The van der Waals surface area contributed by atoms with Crippen molar-refractivity contribution in [2.45, 2.75) is 38.6 Å². The molecular formula is C15H24N2O2S. The molecule has 1 aromatic carbocycles. The van der Waals surface area contributed by atoms with Crippen LogP contribution in [0.3, 0.4) is 0 Å². The maximum absolute atomic E-state index is 12.9. The van der Waals surface area contributed by atoms with Crippen LogP contribution in [0.5, 0.6) is 0 Å². The lowest BCUT2D eigenvalue weighted by Crippen LogP contribution is -2.55. The van der Waals surface area contributed by atoms with Gasteiger partial charge in [0.05, 0.1) is 4.90 Å². The maximum atomic E-state index is 12.9. The van der Waals surface area contributed by atoms with Crippen LogP contribution < -0.4 is 5.32 Å². The number of aryl methyl sites for hydroxylation is 2. The standard InChI is InChI=1S/C15H24N2O2S/c1-11(2)15-10-16-7-8-17(15)20(18,19)14-6-5-12(3)13(4)9-14/h5-6,9,11,15-16H,7-8,10H2,1-4H3. The van der Waals surface area contributed by atoms with Crippen LogP contribution in [-0.2, 0) is 10.0 Å². The summed E-state index contributed by atoms with van der Waals surface area (Å²) in [6.45, 7) is 10.1. The van der Waals surface area contributed by atoms with E-state index in [4.69, 9.17) is 0 Å². The fraction of sp³-hybridized carbons (Fsp3) is 0.600. The van der Waals surface area contributed by atoms with Gasteiger partial charge in [-0.2, -0.15) is 4.31 Å². The summed E-state index contributed by atoms with van der Waals surface area (Å²) in [6, 6.07) is 5.41. The molecule has 20 heavy (non-hydrogen) atoms. The van der Waals surface area contributed by atoms with Gasteiger partial charge < -0.3 is 5.32 Å². The van der Waals surface area contributed by atoms with E-state index in [1.807, 2.05) is 19.9 Å². The van der Waals surface area contributed by atoms with Gasteiger partial charge in [0.15, 0.2) is 0 Å². The lowest BCUT2D eigenvalue weighted by atomic mass is 10.0. The van der Waals surface area contributed by atoms with E-state index in [-0.39, 0.29) is 6.04 Å². The number of rotatable bonds is 3.